The summed E-state index contributed by atoms with van der Waals surface area (Å²) >= 11 is 0. The summed E-state index contributed by atoms with van der Waals surface area (Å²) < 4.78 is 2.29. The van der Waals surface area contributed by atoms with Crippen molar-refractivity contribution in [3.8, 4) is 0 Å². The number of fused-ring (bicyclic) bond motifs is 2. The lowest BCUT2D eigenvalue weighted by Gasteiger charge is -2.31. The lowest BCUT2D eigenvalue weighted by atomic mass is 9.95. The van der Waals surface area contributed by atoms with Crippen LogP contribution in [0.3, 0.4) is 0 Å². The molecule has 0 aliphatic carbocycles. The Morgan fingerprint density at radius 1 is 1.16 bits per heavy atom. The Hall–Kier alpha value is -2.70. The third-order valence-electron chi connectivity index (χ3n) is 5.45. The van der Waals surface area contributed by atoms with E-state index in [2.05, 4.69) is 24.7 Å². The summed E-state index contributed by atoms with van der Waals surface area (Å²) in [4.78, 5) is 22.0. The van der Waals surface area contributed by atoms with Crippen LogP contribution in [0.4, 0.5) is 0 Å². The van der Waals surface area contributed by atoms with Crippen molar-refractivity contribution in [3.63, 3.8) is 0 Å². The van der Waals surface area contributed by atoms with Crippen molar-refractivity contribution >= 4 is 16.9 Å². The van der Waals surface area contributed by atoms with E-state index >= 15 is 0 Å². The summed E-state index contributed by atoms with van der Waals surface area (Å²) in [6.07, 6.45) is 5.78. The quantitative estimate of drug-likeness (QED) is 0.777. The van der Waals surface area contributed by atoms with Gasteiger partial charge in [0.05, 0.1) is 17.4 Å². The number of carbonyl (C=O) groups excluding carboxylic acids is 1. The predicted molar refractivity (Wildman–Crippen MR) is 92.3 cm³/mol. The highest BCUT2D eigenvalue weighted by atomic mass is 16.2. The van der Waals surface area contributed by atoms with E-state index in [1.807, 2.05) is 23.1 Å². The van der Waals surface area contributed by atoms with Gasteiger partial charge in [-0.3, -0.25) is 4.79 Å². The molecule has 1 aromatic carbocycles. The van der Waals surface area contributed by atoms with Crippen molar-refractivity contribution in [1.29, 1.82) is 0 Å². The minimum atomic E-state index is 0.0985. The molecule has 128 valence electrons. The smallest absolute Gasteiger partial charge is 0.253 e. The molecule has 0 spiro atoms. The second kappa shape index (κ2) is 5.68. The Morgan fingerprint density at radius 2 is 2.04 bits per heavy atom. The first-order chi connectivity index (χ1) is 12.3. The van der Waals surface area contributed by atoms with Gasteiger partial charge in [-0.25, -0.2) is 4.98 Å². The van der Waals surface area contributed by atoms with Crippen LogP contribution in [0.1, 0.15) is 47.2 Å². The third kappa shape index (κ3) is 2.42. The maximum absolute atomic E-state index is 12.8. The molecule has 0 atom stereocenters. The van der Waals surface area contributed by atoms with Gasteiger partial charge in [0.1, 0.15) is 11.6 Å². The number of aromatic amines is 1. The number of nitrogens with one attached hydrogen (secondary N) is 1. The number of carbonyl (C=O) groups is 1. The number of aryl methyl sites for hydroxylation is 1. The molecule has 2 aromatic heterocycles. The Balaban J connectivity index is 1.30. The molecule has 2 aliphatic heterocycles. The summed E-state index contributed by atoms with van der Waals surface area (Å²) in [6.45, 7) is 2.58. The number of amides is 1. The first-order valence-electron chi connectivity index (χ1n) is 8.94. The molecule has 7 nitrogen and oxygen atoms in total. The van der Waals surface area contributed by atoms with Gasteiger partial charge in [0.25, 0.3) is 5.91 Å². The molecular formula is C18H20N6O. The molecule has 7 heteroatoms. The largest absolute Gasteiger partial charge is 0.345 e. The van der Waals surface area contributed by atoms with E-state index in [1.54, 1.807) is 6.33 Å². The van der Waals surface area contributed by atoms with Gasteiger partial charge in [-0.1, -0.05) is 0 Å². The van der Waals surface area contributed by atoms with E-state index in [1.165, 1.54) is 6.42 Å². The van der Waals surface area contributed by atoms with Gasteiger partial charge in [0.15, 0.2) is 0 Å². The fourth-order valence-corrected chi connectivity index (χ4v) is 4.07. The second-order valence-electron chi connectivity index (χ2n) is 6.93. The number of likely N-dealkylation sites (tertiary alicyclic amines) is 1. The highest BCUT2D eigenvalue weighted by Crippen LogP contribution is 2.30. The van der Waals surface area contributed by atoms with E-state index in [9.17, 15) is 4.79 Å². The van der Waals surface area contributed by atoms with Gasteiger partial charge in [-0.2, -0.15) is 0 Å². The minimum absolute atomic E-state index is 0.0985. The zero-order valence-corrected chi connectivity index (χ0v) is 14.0. The van der Waals surface area contributed by atoms with Gasteiger partial charge < -0.3 is 14.5 Å². The van der Waals surface area contributed by atoms with Gasteiger partial charge >= 0.3 is 0 Å². The van der Waals surface area contributed by atoms with Crippen LogP contribution in [-0.4, -0.2) is 48.6 Å². The highest BCUT2D eigenvalue weighted by Gasteiger charge is 2.29. The molecule has 1 fully saturated rings. The van der Waals surface area contributed by atoms with Crippen LogP contribution in [0.15, 0.2) is 24.5 Å². The molecule has 2 aliphatic rings. The number of hydrogen-bond donors (Lipinski definition) is 1. The maximum Gasteiger partial charge on any atom is 0.253 e. The number of benzene rings is 1. The van der Waals surface area contributed by atoms with Crippen LogP contribution >= 0.6 is 0 Å². The van der Waals surface area contributed by atoms with Crippen LogP contribution in [-0.2, 0) is 13.0 Å². The van der Waals surface area contributed by atoms with E-state index in [0.717, 1.165) is 67.1 Å². The van der Waals surface area contributed by atoms with Gasteiger partial charge in [0.2, 0.25) is 0 Å². The fraction of sp³-hybridized carbons (Fsp3) is 0.444. The standard InChI is InChI=1S/C18H20N6O/c25-18(13-3-4-14-15(10-13)20-11-19-14)23-8-5-12(6-9-23)17-22-21-16-2-1-7-24(16)17/h3-4,10-12H,1-2,5-9H2,(H,19,20). The summed E-state index contributed by atoms with van der Waals surface area (Å²) in [5, 5.41) is 8.74. The van der Waals surface area contributed by atoms with Crippen molar-refractivity contribution in [3.05, 3.63) is 41.7 Å². The zero-order valence-electron chi connectivity index (χ0n) is 14.0. The molecule has 3 aromatic rings. The molecule has 25 heavy (non-hydrogen) atoms. The normalized spacial score (nSPS) is 18.0. The van der Waals surface area contributed by atoms with Crippen molar-refractivity contribution in [2.24, 2.45) is 0 Å². The second-order valence-corrected chi connectivity index (χ2v) is 6.93. The summed E-state index contributed by atoms with van der Waals surface area (Å²) in [7, 11) is 0. The van der Waals surface area contributed by atoms with Gasteiger partial charge in [-0.15, -0.1) is 10.2 Å². The highest BCUT2D eigenvalue weighted by molar-refractivity contribution is 5.97. The van der Waals surface area contributed by atoms with Gasteiger partial charge in [0, 0.05) is 37.5 Å². The van der Waals surface area contributed by atoms with E-state index in [0.29, 0.717) is 5.92 Å². The number of hydrogen-bond acceptors (Lipinski definition) is 4. The van der Waals surface area contributed by atoms with Crippen LogP contribution < -0.4 is 0 Å². The third-order valence-corrected chi connectivity index (χ3v) is 5.45. The first kappa shape index (κ1) is 14.6. The van der Waals surface area contributed by atoms with E-state index in [4.69, 9.17) is 0 Å². The number of piperidine rings is 1. The fourth-order valence-electron chi connectivity index (χ4n) is 4.07. The molecule has 4 heterocycles. The summed E-state index contributed by atoms with van der Waals surface area (Å²) in [5.74, 6) is 2.76. The maximum atomic E-state index is 12.8. The molecule has 0 bridgehead atoms. The number of nitrogens with zero attached hydrogens (tertiary/aromatic N) is 5. The Bertz CT molecular complexity index is 934. The molecule has 0 unspecified atom stereocenters. The van der Waals surface area contributed by atoms with Crippen LogP contribution in [0.25, 0.3) is 11.0 Å². The molecular weight excluding hydrogens is 316 g/mol. The topological polar surface area (TPSA) is 79.7 Å². The summed E-state index contributed by atoms with van der Waals surface area (Å²) in [6, 6.07) is 5.65. The number of imidazole rings is 1. The van der Waals surface area contributed by atoms with Crippen molar-refractivity contribution in [2.75, 3.05) is 13.1 Å². The van der Waals surface area contributed by atoms with Crippen LogP contribution in [0.5, 0.6) is 0 Å². The lowest BCUT2D eigenvalue weighted by molar-refractivity contribution is 0.0710. The number of H-pyrrole nitrogens is 1. The van der Waals surface area contributed by atoms with E-state index in [-0.39, 0.29) is 5.91 Å². The molecule has 1 saturated heterocycles. The predicted octanol–water partition coefficient (Wildman–Crippen LogP) is 2.12. The minimum Gasteiger partial charge on any atom is -0.345 e. The van der Waals surface area contributed by atoms with Crippen molar-refractivity contribution in [1.82, 2.24) is 29.6 Å². The van der Waals surface area contributed by atoms with Crippen molar-refractivity contribution < 1.29 is 4.79 Å². The lowest BCUT2D eigenvalue weighted by Crippen LogP contribution is -2.38. The van der Waals surface area contributed by atoms with Gasteiger partial charge in [-0.05, 0) is 37.5 Å². The Labute approximate surface area is 145 Å². The average Bonchev–Trinajstić information content (AvgIpc) is 3.37. The zero-order chi connectivity index (χ0) is 16.8. The number of aromatic nitrogens is 5. The van der Waals surface area contributed by atoms with E-state index < -0.39 is 0 Å². The molecule has 5 rings (SSSR count). The molecule has 0 saturated carbocycles. The molecule has 1 amide bonds. The summed E-state index contributed by atoms with van der Waals surface area (Å²) in [5.41, 5.74) is 2.51. The number of rotatable bonds is 2. The SMILES string of the molecule is O=C(c1ccc2nc[nH]c2c1)N1CCC(c2nnc3n2CCC3)CC1. The molecule has 0 radical (unpaired) electrons. The van der Waals surface area contributed by atoms with Crippen LogP contribution in [0, 0.1) is 0 Å². The Morgan fingerprint density at radius 3 is 2.92 bits per heavy atom. The Kier molecular flexibility index (Phi) is 3.33. The average molecular weight is 336 g/mol. The molecule has 1 N–H and O–H groups in total. The monoisotopic (exact) mass is 336 g/mol. The first-order valence-corrected chi connectivity index (χ1v) is 8.94. The van der Waals surface area contributed by atoms with Crippen molar-refractivity contribution in [2.45, 2.75) is 38.1 Å². The van der Waals surface area contributed by atoms with Crippen LogP contribution in [0.2, 0.25) is 0 Å².